The Balaban J connectivity index is 2.01. The van der Waals surface area contributed by atoms with Gasteiger partial charge in [0.05, 0.1) is 6.61 Å². The number of esters is 1. The van der Waals surface area contributed by atoms with Crippen LogP contribution >= 0.6 is 11.8 Å². The molecule has 2 aliphatic rings. The van der Waals surface area contributed by atoms with Crippen LogP contribution in [0.3, 0.4) is 0 Å². The first-order valence-electron chi connectivity index (χ1n) is 6.23. The first-order chi connectivity index (χ1) is 7.69. The monoisotopic (exact) mass is 243 g/mol. The van der Waals surface area contributed by atoms with Crippen molar-refractivity contribution in [2.24, 2.45) is 5.92 Å². The molecule has 1 heterocycles. The third kappa shape index (κ3) is 2.38. The van der Waals surface area contributed by atoms with Crippen molar-refractivity contribution >= 4 is 17.7 Å². The van der Waals surface area contributed by atoms with E-state index in [9.17, 15) is 4.79 Å². The lowest BCUT2D eigenvalue weighted by molar-refractivity contribution is -0.151. The highest BCUT2D eigenvalue weighted by Crippen LogP contribution is 2.38. The lowest BCUT2D eigenvalue weighted by Gasteiger charge is -2.31. The maximum absolute atomic E-state index is 12.1. The fraction of sp³-hybridized carbons (Fsp3) is 0.917. The predicted octanol–water partition coefficient (Wildman–Crippen LogP) is 1.81. The van der Waals surface area contributed by atoms with E-state index in [0.717, 1.165) is 24.6 Å². The molecule has 1 N–H and O–H groups in total. The molecule has 0 spiro atoms. The Hall–Kier alpha value is -0.220. The van der Waals surface area contributed by atoms with Gasteiger partial charge in [0.1, 0.15) is 5.54 Å². The summed E-state index contributed by atoms with van der Waals surface area (Å²) in [5.41, 5.74) is -0.413. The third-order valence-corrected chi connectivity index (χ3v) is 4.94. The minimum Gasteiger partial charge on any atom is -0.465 e. The Labute approximate surface area is 102 Å². The number of carbonyl (C=O) groups excluding carboxylic acids is 1. The maximum atomic E-state index is 12.1. The number of hydrogen-bond acceptors (Lipinski definition) is 4. The van der Waals surface area contributed by atoms with Crippen molar-refractivity contribution in [1.82, 2.24) is 5.32 Å². The van der Waals surface area contributed by atoms with Gasteiger partial charge in [0, 0.05) is 5.25 Å². The molecule has 0 amide bonds. The van der Waals surface area contributed by atoms with Crippen LogP contribution in [0.4, 0.5) is 0 Å². The molecule has 2 atom stereocenters. The van der Waals surface area contributed by atoms with E-state index < -0.39 is 5.54 Å². The summed E-state index contributed by atoms with van der Waals surface area (Å²) in [6.45, 7) is 5.46. The molecule has 2 unspecified atom stereocenters. The molecule has 16 heavy (non-hydrogen) atoms. The molecule has 0 aromatic rings. The van der Waals surface area contributed by atoms with Gasteiger partial charge in [0.15, 0.2) is 0 Å². The zero-order valence-corrected chi connectivity index (χ0v) is 10.9. The minimum atomic E-state index is -0.413. The average Bonchev–Trinajstić information content (AvgIpc) is 3.01. The van der Waals surface area contributed by atoms with E-state index in [1.54, 1.807) is 0 Å². The standard InChI is InChI=1S/C12H21NO2S/c1-3-15-11(14)12(6-7-16-9(12)2)13-8-10-4-5-10/h9-10,13H,3-8H2,1-2H3. The fourth-order valence-electron chi connectivity index (χ4n) is 2.22. The van der Waals surface area contributed by atoms with Gasteiger partial charge in [0.25, 0.3) is 0 Å². The quantitative estimate of drug-likeness (QED) is 0.747. The smallest absolute Gasteiger partial charge is 0.327 e. The van der Waals surface area contributed by atoms with Crippen molar-refractivity contribution < 1.29 is 9.53 Å². The lowest BCUT2D eigenvalue weighted by atomic mass is 9.92. The number of nitrogens with one attached hydrogen (secondary N) is 1. The van der Waals surface area contributed by atoms with Gasteiger partial charge < -0.3 is 10.1 Å². The predicted molar refractivity (Wildman–Crippen MR) is 66.6 cm³/mol. The second-order valence-corrected chi connectivity index (χ2v) is 6.23. The van der Waals surface area contributed by atoms with Crippen molar-refractivity contribution in [3.63, 3.8) is 0 Å². The van der Waals surface area contributed by atoms with Crippen molar-refractivity contribution in [3.05, 3.63) is 0 Å². The van der Waals surface area contributed by atoms with E-state index in [1.807, 2.05) is 18.7 Å². The highest BCUT2D eigenvalue weighted by atomic mass is 32.2. The summed E-state index contributed by atoms with van der Waals surface area (Å²) in [6, 6.07) is 0. The summed E-state index contributed by atoms with van der Waals surface area (Å²) >= 11 is 1.87. The van der Waals surface area contributed by atoms with Gasteiger partial charge in [-0.2, -0.15) is 11.8 Å². The van der Waals surface area contributed by atoms with Crippen LogP contribution in [0.5, 0.6) is 0 Å². The van der Waals surface area contributed by atoms with Crippen LogP contribution in [-0.4, -0.2) is 35.7 Å². The van der Waals surface area contributed by atoms with Crippen LogP contribution in [0.25, 0.3) is 0 Å². The van der Waals surface area contributed by atoms with E-state index in [1.165, 1.54) is 12.8 Å². The highest BCUT2D eigenvalue weighted by molar-refractivity contribution is 8.00. The van der Waals surface area contributed by atoms with Gasteiger partial charge >= 0.3 is 5.97 Å². The summed E-state index contributed by atoms with van der Waals surface area (Å²) in [7, 11) is 0. The Kier molecular flexibility index (Phi) is 3.80. The van der Waals surface area contributed by atoms with E-state index in [4.69, 9.17) is 4.74 Å². The van der Waals surface area contributed by atoms with E-state index >= 15 is 0 Å². The maximum Gasteiger partial charge on any atom is 0.327 e. The van der Waals surface area contributed by atoms with Gasteiger partial charge in [-0.25, -0.2) is 0 Å². The first kappa shape index (κ1) is 12.2. The lowest BCUT2D eigenvalue weighted by Crippen LogP contribution is -2.57. The molecular weight excluding hydrogens is 222 g/mol. The van der Waals surface area contributed by atoms with Gasteiger partial charge in [-0.15, -0.1) is 0 Å². The largest absolute Gasteiger partial charge is 0.465 e. The summed E-state index contributed by atoms with van der Waals surface area (Å²) in [4.78, 5) is 12.1. The minimum absolute atomic E-state index is 0.0480. The zero-order chi connectivity index (χ0) is 11.6. The molecular formula is C12H21NO2S. The molecule has 1 saturated carbocycles. The summed E-state index contributed by atoms with van der Waals surface area (Å²) in [5.74, 6) is 1.80. The van der Waals surface area contributed by atoms with E-state index in [0.29, 0.717) is 11.9 Å². The normalized spacial score (nSPS) is 34.0. The molecule has 3 nitrogen and oxygen atoms in total. The van der Waals surface area contributed by atoms with Crippen LogP contribution in [0, 0.1) is 5.92 Å². The SMILES string of the molecule is CCOC(=O)C1(NCC2CC2)CCSC1C. The Bertz CT molecular complexity index is 268. The average molecular weight is 243 g/mol. The Morgan fingerprint density at radius 3 is 2.81 bits per heavy atom. The molecule has 4 heteroatoms. The van der Waals surface area contributed by atoms with Gasteiger partial charge in [-0.1, -0.05) is 6.92 Å². The molecule has 1 saturated heterocycles. The molecule has 0 aromatic carbocycles. The first-order valence-corrected chi connectivity index (χ1v) is 7.28. The molecule has 92 valence electrons. The molecule has 0 bridgehead atoms. The van der Waals surface area contributed by atoms with Gasteiger partial charge in [-0.05, 0) is 44.4 Å². The molecule has 0 radical (unpaired) electrons. The van der Waals surface area contributed by atoms with Crippen molar-refractivity contribution in [1.29, 1.82) is 0 Å². The molecule has 0 aromatic heterocycles. The van der Waals surface area contributed by atoms with Gasteiger partial charge in [-0.3, -0.25) is 4.79 Å². The van der Waals surface area contributed by atoms with Crippen LogP contribution < -0.4 is 5.32 Å². The second-order valence-electron chi connectivity index (χ2n) is 4.78. The number of thioether (sulfide) groups is 1. The Morgan fingerprint density at radius 1 is 1.56 bits per heavy atom. The summed E-state index contributed by atoms with van der Waals surface area (Å²) < 4.78 is 5.24. The zero-order valence-electron chi connectivity index (χ0n) is 10.1. The number of ether oxygens (including phenoxy) is 1. The molecule has 1 aliphatic carbocycles. The summed E-state index contributed by atoms with van der Waals surface area (Å²) in [6.07, 6.45) is 3.53. The topological polar surface area (TPSA) is 38.3 Å². The molecule has 1 aliphatic heterocycles. The number of rotatable bonds is 5. The van der Waals surface area contributed by atoms with Crippen molar-refractivity contribution in [2.45, 2.75) is 43.9 Å². The van der Waals surface area contributed by atoms with E-state index in [2.05, 4.69) is 12.2 Å². The molecule has 2 rings (SSSR count). The van der Waals surface area contributed by atoms with Crippen molar-refractivity contribution in [2.75, 3.05) is 18.9 Å². The highest BCUT2D eigenvalue weighted by Gasteiger charge is 2.49. The third-order valence-electron chi connectivity index (χ3n) is 3.60. The van der Waals surface area contributed by atoms with Crippen LogP contribution in [0.1, 0.15) is 33.1 Å². The number of carbonyl (C=O) groups is 1. The van der Waals surface area contributed by atoms with Crippen LogP contribution in [0.2, 0.25) is 0 Å². The van der Waals surface area contributed by atoms with Crippen molar-refractivity contribution in [3.8, 4) is 0 Å². The fourth-order valence-corrected chi connectivity index (χ4v) is 3.60. The summed E-state index contributed by atoms with van der Waals surface area (Å²) in [5, 5.41) is 3.82. The Morgan fingerprint density at radius 2 is 2.31 bits per heavy atom. The second kappa shape index (κ2) is 4.96. The number of hydrogen-bond donors (Lipinski definition) is 1. The molecule has 2 fully saturated rings. The van der Waals surface area contributed by atoms with Crippen LogP contribution in [0.15, 0.2) is 0 Å². The van der Waals surface area contributed by atoms with Gasteiger partial charge in [0.2, 0.25) is 0 Å². The van der Waals surface area contributed by atoms with Crippen LogP contribution in [-0.2, 0) is 9.53 Å². The van der Waals surface area contributed by atoms with E-state index in [-0.39, 0.29) is 5.97 Å².